The van der Waals surface area contributed by atoms with Crippen LogP contribution in [0.1, 0.15) is 18.0 Å². The van der Waals surface area contributed by atoms with Crippen molar-refractivity contribution < 1.29 is 27.8 Å². The molecule has 1 atom stereocenters. The molecule has 0 bridgehead atoms. The lowest BCUT2D eigenvalue weighted by molar-refractivity contribution is -0.192. The first-order valence-electron chi connectivity index (χ1n) is 9.94. The van der Waals surface area contributed by atoms with Crippen molar-refractivity contribution in [2.75, 3.05) is 6.61 Å². The van der Waals surface area contributed by atoms with E-state index in [9.17, 15) is 18.4 Å². The number of alkyl halides is 3. The molecule has 36 heavy (non-hydrogen) atoms. The second kappa shape index (κ2) is 11.3. The molecule has 0 aliphatic heterocycles. The van der Waals surface area contributed by atoms with Crippen LogP contribution in [0.15, 0.2) is 53.7 Å². The second-order valence-electron chi connectivity index (χ2n) is 6.98. The third kappa shape index (κ3) is 6.17. The Bertz CT molecular complexity index is 1450. The highest BCUT2D eigenvalue weighted by molar-refractivity contribution is 9.10. The summed E-state index contributed by atoms with van der Waals surface area (Å²) < 4.78 is 39.7. The normalized spacial score (nSPS) is 11.6. The van der Waals surface area contributed by atoms with E-state index in [0.29, 0.717) is 5.75 Å². The van der Waals surface area contributed by atoms with Gasteiger partial charge in [0.25, 0.3) is 0 Å². The smallest absolute Gasteiger partial charge is 0.479 e. The van der Waals surface area contributed by atoms with Gasteiger partial charge in [0, 0.05) is 27.8 Å². The van der Waals surface area contributed by atoms with Crippen LogP contribution in [-0.4, -0.2) is 48.6 Å². The first-order valence-corrected chi connectivity index (χ1v) is 10.7. The summed E-state index contributed by atoms with van der Waals surface area (Å²) in [4.78, 5) is 20.6. The minimum absolute atomic E-state index is 0.0454. The summed E-state index contributed by atoms with van der Waals surface area (Å²) in [5.41, 5.74) is 3.18. The fraction of sp³-hybridized carbons (Fsp3) is 0.182. The van der Waals surface area contributed by atoms with E-state index >= 15 is 0 Å². The van der Waals surface area contributed by atoms with Gasteiger partial charge in [-0.3, -0.25) is 4.68 Å². The van der Waals surface area contributed by atoms with Gasteiger partial charge in [0.05, 0.1) is 30.4 Å². The molecular weight excluding hydrogens is 547 g/mol. The number of aromatic amines is 1. The topological polar surface area (TPSA) is 154 Å². The molecule has 3 aromatic heterocycles. The molecule has 4 rings (SSSR count). The fourth-order valence-corrected chi connectivity index (χ4v) is 3.66. The standard InChI is InChI=1S/C20H14BrN7O.C2HF3O2/c21-17-2-1-14(29-8-6-23)9-16(17)18(3-5-22)28-11-13(10-27-28)19-15-4-7-24-20(15)26-12-25-19;3-2(4,5)1(6)7/h1-2,4,7,9-12,18H,3,8H2,(H,24,25,26);(H,6,7). The molecule has 0 saturated carbocycles. The number of hydrogen-bond donors (Lipinski definition) is 2. The number of hydrogen-bond acceptors (Lipinski definition) is 7. The van der Waals surface area contributed by atoms with Crippen LogP contribution >= 0.6 is 15.9 Å². The fourth-order valence-electron chi connectivity index (χ4n) is 3.15. The summed E-state index contributed by atoms with van der Waals surface area (Å²) in [6.45, 7) is -0.0454. The number of H-pyrrole nitrogens is 1. The van der Waals surface area contributed by atoms with E-state index in [1.54, 1.807) is 16.9 Å². The predicted octanol–water partition coefficient (Wildman–Crippen LogP) is 4.62. The molecule has 3 heterocycles. The van der Waals surface area contributed by atoms with Gasteiger partial charge >= 0.3 is 12.1 Å². The monoisotopic (exact) mass is 561 g/mol. The number of benzene rings is 1. The van der Waals surface area contributed by atoms with Gasteiger partial charge in [0.15, 0.2) is 6.61 Å². The van der Waals surface area contributed by atoms with Crippen molar-refractivity contribution in [3.8, 4) is 29.1 Å². The van der Waals surface area contributed by atoms with E-state index in [-0.39, 0.29) is 19.1 Å². The SMILES string of the molecule is N#CCOc1ccc(Br)c(C(CC#N)n2cc(-c3ncnc4[nH]ccc34)cn2)c1.O=C(O)C(F)(F)F. The Labute approximate surface area is 209 Å². The molecule has 0 spiro atoms. The quantitative estimate of drug-likeness (QED) is 0.345. The summed E-state index contributed by atoms with van der Waals surface area (Å²) in [6.07, 6.45) is 2.04. The zero-order chi connectivity index (χ0) is 26.3. The van der Waals surface area contributed by atoms with Crippen molar-refractivity contribution in [2.24, 2.45) is 0 Å². The van der Waals surface area contributed by atoms with E-state index < -0.39 is 12.1 Å². The molecule has 0 amide bonds. The summed E-state index contributed by atoms with van der Waals surface area (Å²) >= 11 is 3.55. The maximum atomic E-state index is 10.6. The number of nitrogens with zero attached hydrogens (tertiary/aromatic N) is 6. The largest absolute Gasteiger partial charge is 0.490 e. The summed E-state index contributed by atoms with van der Waals surface area (Å²) in [5, 5.41) is 30.7. The van der Waals surface area contributed by atoms with Gasteiger partial charge in [-0.25, -0.2) is 14.8 Å². The summed E-state index contributed by atoms with van der Waals surface area (Å²) in [6, 6.07) is 11.2. The van der Waals surface area contributed by atoms with Crippen LogP contribution < -0.4 is 4.74 Å². The Morgan fingerprint density at radius 2 is 2.00 bits per heavy atom. The van der Waals surface area contributed by atoms with Crippen molar-refractivity contribution >= 4 is 32.9 Å². The molecule has 0 aliphatic carbocycles. The van der Waals surface area contributed by atoms with Gasteiger partial charge in [-0.15, -0.1) is 0 Å². The number of carbonyl (C=O) groups is 1. The number of ether oxygens (including phenoxy) is 1. The van der Waals surface area contributed by atoms with Gasteiger partial charge in [-0.2, -0.15) is 28.8 Å². The van der Waals surface area contributed by atoms with Crippen LogP contribution in [0.4, 0.5) is 13.2 Å². The maximum absolute atomic E-state index is 10.6. The Kier molecular flexibility index (Phi) is 8.24. The average molecular weight is 562 g/mol. The molecule has 184 valence electrons. The number of halogens is 4. The molecule has 0 saturated heterocycles. The number of carboxylic acids is 1. The Balaban J connectivity index is 0.000000454. The number of nitriles is 2. The predicted molar refractivity (Wildman–Crippen MR) is 122 cm³/mol. The molecule has 0 radical (unpaired) electrons. The van der Waals surface area contributed by atoms with Crippen molar-refractivity contribution in [1.29, 1.82) is 10.5 Å². The van der Waals surface area contributed by atoms with Gasteiger partial charge in [-0.05, 0) is 29.8 Å². The summed E-state index contributed by atoms with van der Waals surface area (Å²) in [5.74, 6) is -2.20. The van der Waals surface area contributed by atoms with Crippen LogP contribution in [-0.2, 0) is 4.79 Å². The molecule has 1 aromatic carbocycles. The first kappa shape index (κ1) is 26.2. The number of fused-ring (bicyclic) bond motifs is 1. The number of rotatable bonds is 6. The molecule has 14 heteroatoms. The third-order valence-corrected chi connectivity index (χ3v) is 5.43. The van der Waals surface area contributed by atoms with Gasteiger partial charge in [0.2, 0.25) is 0 Å². The van der Waals surface area contributed by atoms with Crippen molar-refractivity contribution in [3.63, 3.8) is 0 Å². The molecule has 0 fully saturated rings. The number of carboxylic acid groups (broad SMARTS) is 1. The Hall–Kier alpha value is -4.43. The minimum Gasteiger partial charge on any atom is -0.479 e. The molecule has 0 aliphatic rings. The zero-order valence-corrected chi connectivity index (χ0v) is 19.7. The maximum Gasteiger partial charge on any atom is 0.490 e. The van der Waals surface area contributed by atoms with Crippen molar-refractivity contribution in [1.82, 2.24) is 24.7 Å². The number of aromatic nitrogens is 5. The molecule has 4 aromatic rings. The van der Waals surface area contributed by atoms with E-state index in [1.807, 2.05) is 36.7 Å². The van der Waals surface area contributed by atoms with Gasteiger partial charge < -0.3 is 14.8 Å². The highest BCUT2D eigenvalue weighted by Gasteiger charge is 2.38. The Morgan fingerprint density at radius 3 is 2.67 bits per heavy atom. The van der Waals surface area contributed by atoms with Crippen molar-refractivity contribution in [2.45, 2.75) is 18.6 Å². The van der Waals surface area contributed by atoms with Crippen LogP contribution in [0.3, 0.4) is 0 Å². The lowest BCUT2D eigenvalue weighted by atomic mass is 10.0. The molecular formula is C22H15BrF3N7O3. The second-order valence-corrected chi connectivity index (χ2v) is 7.84. The molecule has 2 N–H and O–H groups in total. The zero-order valence-electron chi connectivity index (χ0n) is 18.1. The van der Waals surface area contributed by atoms with Crippen LogP contribution in [0, 0.1) is 22.7 Å². The van der Waals surface area contributed by atoms with E-state index in [0.717, 1.165) is 32.3 Å². The van der Waals surface area contributed by atoms with E-state index in [2.05, 4.69) is 42.0 Å². The van der Waals surface area contributed by atoms with E-state index in [1.165, 1.54) is 6.33 Å². The van der Waals surface area contributed by atoms with E-state index in [4.69, 9.17) is 19.9 Å². The average Bonchev–Trinajstić information content (AvgIpc) is 3.52. The highest BCUT2D eigenvalue weighted by Crippen LogP contribution is 2.33. The lowest BCUT2D eigenvalue weighted by Crippen LogP contribution is -2.21. The number of nitrogens with one attached hydrogen (secondary N) is 1. The van der Waals surface area contributed by atoms with Crippen LogP contribution in [0.5, 0.6) is 5.75 Å². The third-order valence-electron chi connectivity index (χ3n) is 4.71. The lowest BCUT2D eigenvalue weighted by Gasteiger charge is -2.17. The number of aliphatic carboxylic acids is 1. The molecule has 10 nitrogen and oxygen atoms in total. The van der Waals surface area contributed by atoms with Crippen LogP contribution in [0.25, 0.3) is 22.3 Å². The van der Waals surface area contributed by atoms with Gasteiger partial charge in [-0.1, -0.05) is 15.9 Å². The summed E-state index contributed by atoms with van der Waals surface area (Å²) in [7, 11) is 0. The minimum atomic E-state index is -5.08. The van der Waals surface area contributed by atoms with Crippen LogP contribution in [0.2, 0.25) is 0 Å². The Morgan fingerprint density at radius 1 is 1.25 bits per heavy atom. The highest BCUT2D eigenvalue weighted by atomic mass is 79.9. The first-order chi connectivity index (χ1) is 17.2. The molecule has 1 unspecified atom stereocenters. The van der Waals surface area contributed by atoms with Gasteiger partial charge in [0.1, 0.15) is 23.8 Å². The van der Waals surface area contributed by atoms with Crippen molar-refractivity contribution in [3.05, 3.63) is 59.2 Å².